The Morgan fingerprint density at radius 3 is 2.58 bits per heavy atom. The molecule has 11 heteroatoms. The molecule has 4 N–H and O–H groups in total. The van der Waals surface area contributed by atoms with Crippen molar-refractivity contribution in [2.75, 3.05) is 17.2 Å². The van der Waals surface area contributed by atoms with E-state index in [4.69, 9.17) is 0 Å². The highest BCUT2D eigenvalue weighted by Gasteiger charge is 2.44. The van der Waals surface area contributed by atoms with Gasteiger partial charge in [-0.25, -0.2) is 9.97 Å². The Kier molecular flexibility index (Phi) is 5.52. The van der Waals surface area contributed by atoms with E-state index in [1.165, 1.54) is 11.3 Å². The van der Waals surface area contributed by atoms with E-state index in [-0.39, 0.29) is 11.8 Å². The number of aliphatic hydroxyl groups excluding tert-OH is 2. The number of halogens is 3. The van der Waals surface area contributed by atoms with Crippen molar-refractivity contribution in [3.05, 3.63) is 30.0 Å². The normalized spacial score (nSPS) is 24.0. The van der Waals surface area contributed by atoms with Gasteiger partial charge in [-0.2, -0.15) is 18.2 Å². The van der Waals surface area contributed by atoms with Gasteiger partial charge in [0.2, 0.25) is 5.95 Å². The topological polar surface area (TPSA) is 103 Å². The van der Waals surface area contributed by atoms with Gasteiger partial charge in [0.05, 0.1) is 33.1 Å². The molecule has 0 aliphatic heterocycles. The van der Waals surface area contributed by atoms with Crippen LogP contribution in [0.15, 0.2) is 24.3 Å². The molecule has 1 aliphatic rings. The Labute approximate surface area is 180 Å². The zero-order valence-electron chi connectivity index (χ0n) is 16.9. The number of anilines is 2. The highest BCUT2D eigenvalue weighted by Crippen LogP contribution is 2.40. The van der Waals surface area contributed by atoms with E-state index in [1.54, 1.807) is 13.8 Å². The van der Waals surface area contributed by atoms with Crippen molar-refractivity contribution in [3.63, 3.8) is 0 Å². The van der Waals surface area contributed by atoms with Gasteiger partial charge in [-0.1, -0.05) is 12.1 Å². The first-order chi connectivity index (χ1) is 14.6. The number of alkyl halides is 3. The van der Waals surface area contributed by atoms with E-state index in [1.807, 2.05) is 24.3 Å². The summed E-state index contributed by atoms with van der Waals surface area (Å²) in [4.78, 5) is 13.1. The van der Waals surface area contributed by atoms with Gasteiger partial charge >= 0.3 is 6.18 Å². The monoisotopic (exact) mass is 453 g/mol. The molecule has 3 unspecified atom stereocenters. The molecule has 0 saturated heterocycles. The summed E-state index contributed by atoms with van der Waals surface area (Å²) in [5.41, 5.74) is 0.869. The number of benzene rings is 1. The molecule has 3 aromatic rings. The molecule has 3 atom stereocenters. The molecule has 0 spiro atoms. The van der Waals surface area contributed by atoms with Gasteiger partial charge in [-0.15, -0.1) is 11.3 Å². The fourth-order valence-corrected chi connectivity index (χ4v) is 4.81. The number of aliphatic hydroxyl groups is 2. The summed E-state index contributed by atoms with van der Waals surface area (Å²) in [6.45, 7) is 2.15. The average Bonchev–Trinajstić information content (AvgIpc) is 3.22. The molecule has 1 fully saturated rings. The van der Waals surface area contributed by atoms with Gasteiger partial charge < -0.3 is 20.8 Å². The lowest BCUT2D eigenvalue weighted by Crippen LogP contribution is -2.46. The molecular formula is C20H22F3N5O2S. The standard InChI is InChI=1S/C20H22F3N5O2S/c1-10-14(17-26-11-5-3-4-6-13(11)31-17)16(27-18(25-10)24-9-20(21,22)23)28-19(2)8-7-12(29)15(19)30/h3-6,12,15,29-30H,7-9H2,1-2H3,(H2,24,25,27,28). The zero-order valence-corrected chi connectivity index (χ0v) is 17.7. The van der Waals surface area contributed by atoms with Crippen molar-refractivity contribution in [2.45, 2.75) is 50.6 Å². The van der Waals surface area contributed by atoms with Crippen LogP contribution in [-0.2, 0) is 0 Å². The molecule has 0 amide bonds. The fourth-order valence-electron chi connectivity index (χ4n) is 3.74. The van der Waals surface area contributed by atoms with Crippen molar-refractivity contribution in [1.29, 1.82) is 0 Å². The Hall–Kier alpha value is -2.50. The van der Waals surface area contributed by atoms with Crippen LogP contribution in [0.3, 0.4) is 0 Å². The number of nitrogens with one attached hydrogen (secondary N) is 2. The number of rotatable bonds is 5. The summed E-state index contributed by atoms with van der Waals surface area (Å²) in [7, 11) is 0. The molecule has 2 aromatic heterocycles. The van der Waals surface area contributed by atoms with Crippen LogP contribution in [0.4, 0.5) is 24.9 Å². The quantitative estimate of drug-likeness (QED) is 0.467. The molecule has 4 rings (SSSR count). The van der Waals surface area contributed by atoms with Crippen molar-refractivity contribution in [1.82, 2.24) is 15.0 Å². The first-order valence-electron chi connectivity index (χ1n) is 9.75. The van der Waals surface area contributed by atoms with E-state index in [9.17, 15) is 23.4 Å². The van der Waals surface area contributed by atoms with E-state index in [0.717, 1.165) is 10.2 Å². The first kappa shape index (κ1) is 21.7. The van der Waals surface area contributed by atoms with Crippen LogP contribution in [-0.4, -0.2) is 55.6 Å². The summed E-state index contributed by atoms with van der Waals surface area (Å²) < 4.78 is 39.0. The SMILES string of the molecule is Cc1nc(NCC(F)(F)F)nc(NC2(C)CCC(O)C2O)c1-c1nc2ccccc2s1. The van der Waals surface area contributed by atoms with E-state index in [0.29, 0.717) is 29.1 Å². The third-order valence-electron chi connectivity index (χ3n) is 5.43. The van der Waals surface area contributed by atoms with Crippen molar-refractivity contribution < 1.29 is 23.4 Å². The van der Waals surface area contributed by atoms with Gasteiger partial charge in [0.25, 0.3) is 0 Å². The molecule has 0 radical (unpaired) electrons. The van der Waals surface area contributed by atoms with E-state index < -0.39 is 30.5 Å². The third-order valence-corrected chi connectivity index (χ3v) is 6.48. The van der Waals surface area contributed by atoms with Crippen LogP contribution >= 0.6 is 11.3 Å². The Balaban J connectivity index is 1.79. The van der Waals surface area contributed by atoms with Crippen molar-refractivity contribution in [2.24, 2.45) is 0 Å². The molecule has 2 heterocycles. The predicted molar refractivity (Wildman–Crippen MR) is 113 cm³/mol. The lowest BCUT2D eigenvalue weighted by Gasteiger charge is -2.31. The minimum absolute atomic E-state index is 0.182. The molecular weight excluding hydrogens is 431 g/mol. The highest BCUT2D eigenvalue weighted by atomic mass is 32.1. The second kappa shape index (κ2) is 7.88. The second-order valence-electron chi connectivity index (χ2n) is 7.91. The van der Waals surface area contributed by atoms with Crippen molar-refractivity contribution >= 4 is 33.3 Å². The average molecular weight is 453 g/mol. The highest BCUT2D eigenvalue weighted by molar-refractivity contribution is 7.21. The van der Waals surface area contributed by atoms with Gasteiger partial charge in [0, 0.05) is 0 Å². The van der Waals surface area contributed by atoms with E-state index in [2.05, 4.69) is 25.6 Å². The van der Waals surface area contributed by atoms with Gasteiger partial charge in [-0.05, 0) is 38.8 Å². The molecule has 166 valence electrons. The Morgan fingerprint density at radius 1 is 1.19 bits per heavy atom. The minimum atomic E-state index is -4.42. The maximum atomic E-state index is 12.7. The van der Waals surface area contributed by atoms with Crippen molar-refractivity contribution in [3.8, 4) is 10.6 Å². The van der Waals surface area contributed by atoms with Crippen LogP contribution in [0.2, 0.25) is 0 Å². The van der Waals surface area contributed by atoms with Crippen LogP contribution in [0.5, 0.6) is 0 Å². The summed E-state index contributed by atoms with van der Waals surface area (Å²) >= 11 is 1.42. The summed E-state index contributed by atoms with van der Waals surface area (Å²) in [6.07, 6.45) is -5.52. The molecule has 7 nitrogen and oxygen atoms in total. The molecule has 0 bridgehead atoms. The molecule has 31 heavy (non-hydrogen) atoms. The summed E-state index contributed by atoms with van der Waals surface area (Å²) in [5.74, 6) is 0.0747. The summed E-state index contributed by atoms with van der Waals surface area (Å²) in [6, 6.07) is 7.57. The maximum absolute atomic E-state index is 12.7. The number of para-hydroxylation sites is 1. The van der Waals surface area contributed by atoms with Gasteiger partial charge in [-0.3, -0.25) is 0 Å². The number of thiazole rings is 1. The number of fused-ring (bicyclic) bond motifs is 1. The van der Waals surface area contributed by atoms with E-state index >= 15 is 0 Å². The summed E-state index contributed by atoms with van der Waals surface area (Å²) in [5, 5.41) is 26.5. The van der Waals surface area contributed by atoms with Gasteiger partial charge in [0.1, 0.15) is 23.5 Å². The number of hydrogen-bond donors (Lipinski definition) is 4. The first-order valence-corrected chi connectivity index (χ1v) is 10.6. The van der Waals surface area contributed by atoms with Crippen LogP contribution in [0.25, 0.3) is 20.8 Å². The fraction of sp³-hybridized carbons (Fsp3) is 0.450. The smallest absolute Gasteiger partial charge is 0.390 e. The Bertz CT molecular complexity index is 1070. The minimum Gasteiger partial charge on any atom is -0.390 e. The number of aromatic nitrogens is 3. The van der Waals surface area contributed by atoms with Crippen LogP contribution in [0.1, 0.15) is 25.5 Å². The number of nitrogens with zero attached hydrogens (tertiary/aromatic N) is 3. The Morgan fingerprint density at radius 2 is 1.94 bits per heavy atom. The molecule has 1 aliphatic carbocycles. The van der Waals surface area contributed by atoms with Gasteiger partial charge in [0.15, 0.2) is 0 Å². The molecule has 1 aromatic carbocycles. The van der Waals surface area contributed by atoms with Crippen LogP contribution < -0.4 is 10.6 Å². The second-order valence-corrected chi connectivity index (χ2v) is 8.94. The zero-order chi connectivity index (χ0) is 22.4. The lowest BCUT2D eigenvalue weighted by atomic mass is 9.97. The number of hydrogen-bond acceptors (Lipinski definition) is 8. The maximum Gasteiger partial charge on any atom is 0.405 e. The lowest BCUT2D eigenvalue weighted by molar-refractivity contribution is -0.115. The largest absolute Gasteiger partial charge is 0.405 e. The number of aryl methyl sites for hydroxylation is 1. The third kappa shape index (κ3) is 4.43. The molecule has 1 saturated carbocycles. The van der Waals surface area contributed by atoms with Crippen LogP contribution in [0, 0.1) is 6.92 Å². The predicted octanol–water partition coefficient (Wildman–Crippen LogP) is 3.72.